The molecule has 5 heteroatoms. The summed E-state index contributed by atoms with van der Waals surface area (Å²) in [6, 6.07) is 6.34. The van der Waals surface area contributed by atoms with Crippen LogP contribution in [-0.4, -0.2) is 44.5 Å². The number of amides is 1. The molecule has 0 aliphatic carbocycles. The van der Waals surface area contributed by atoms with Gasteiger partial charge in [-0.25, -0.2) is 0 Å². The van der Waals surface area contributed by atoms with E-state index in [1.165, 1.54) is 5.56 Å². The fourth-order valence-electron chi connectivity index (χ4n) is 2.05. The van der Waals surface area contributed by atoms with Gasteiger partial charge in [0.05, 0.1) is 12.2 Å². The molecule has 0 unspecified atom stereocenters. The Morgan fingerprint density at radius 2 is 2.00 bits per heavy atom. The lowest BCUT2D eigenvalue weighted by Crippen LogP contribution is -2.37. The van der Waals surface area contributed by atoms with Crippen LogP contribution < -0.4 is 10.2 Å². The van der Waals surface area contributed by atoms with Gasteiger partial charge in [-0.1, -0.05) is 19.9 Å². The van der Waals surface area contributed by atoms with E-state index in [1.54, 1.807) is 19.0 Å². The van der Waals surface area contributed by atoms with Gasteiger partial charge in [0.25, 0.3) is 0 Å². The summed E-state index contributed by atoms with van der Waals surface area (Å²) in [7, 11) is 3.59. The summed E-state index contributed by atoms with van der Waals surface area (Å²) in [4.78, 5) is 15.7. The summed E-state index contributed by atoms with van der Waals surface area (Å²) < 4.78 is 1.04. The fourth-order valence-corrected chi connectivity index (χ4v) is 2.72. The number of rotatable bonds is 8. The summed E-state index contributed by atoms with van der Waals surface area (Å²) >= 11 is 3.64. The molecule has 0 radical (unpaired) electrons. The van der Waals surface area contributed by atoms with E-state index < -0.39 is 0 Å². The molecular weight excluding hydrogens is 330 g/mol. The maximum atomic E-state index is 12.0. The maximum absolute atomic E-state index is 12.0. The van der Waals surface area contributed by atoms with Gasteiger partial charge in [-0.05, 0) is 46.6 Å². The molecule has 0 heterocycles. The van der Waals surface area contributed by atoms with E-state index in [2.05, 4.69) is 58.2 Å². The quantitative estimate of drug-likeness (QED) is 0.778. The molecule has 0 spiro atoms. The zero-order chi connectivity index (χ0) is 15.8. The molecule has 0 aliphatic rings. The van der Waals surface area contributed by atoms with Crippen LogP contribution in [0.1, 0.15) is 25.8 Å². The molecular formula is C16H26BrN3O. The number of hydrogen-bond acceptors (Lipinski definition) is 3. The van der Waals surface area contributed by atoms with Gasteiger partial charge in [0, 0.05) is 31.7 Å². The van der Waals surface area contributed by atoms with Crippen LogP contribution in [0, 0.1) is 0 Å². The number of hydrogen-bond donors (Lipinski definition) is 1. The van der Waals surface area contributed by atoms with Crippen molar-refractivity contribution in [3.8, 4) is 0 Å². The molecule has 21 heavy (non-hydrogen) atoms. The van der Waals surface area contributed by atoms with Crippen LogP contribution in [0.5, 0.6) is 0 Å². The average Bonchev–Trinajstić information content (AvgIpc) is 2.44. The Morgan fingerprint density at radius 1 is 1.29 bits per heavy atom. The third-order valence-corrected chi connectivity index (χ3v) is 3.89. The van der Waals surface area contributed by atoms with Crippen molar-refractivity contribution < 1.29 is 4.79 Å². The minimum atomic E-state index is 0.118. The van der Waals surface area contributed by atoms with E-state index in [1.807, 2.05) is 0 Å². The number of anilines is 1. The summed E-state index contributed by atoms with van der Waals surface area (Å²) in [5.74, 6) is 0.118. The molecule has 0 atom stereocenters. The van der Waals surface area contributed by atoms with Crippen molar-refractivity contribution in [2.24, 2.45) is 0 Å². The number of halogens is 1. The van der Waals surface area contributed by atoms with Gasteiger partial charge in [-0.3, -0.25) is 4.79 Å². The van der Waals surface area contributed by atoms with Gasteiger partial charge in [-0.2, -0.15) is 0 Å². The molecule has 0 aliphatic heterocycles. The monoisotopic (exact) mass is 355 g/mol. The first kappa shape index (κ1) is 18.0. The van der Waals surface area contributed by atoms with Gasteiger partial charge < -0.3 is 15.1 Å². The highest BCUT2D eigenvalue weighted by Crippen LogP contribution is 2.27. The van der Waals surface area contributed by atoms with Crippen molar-refractivity contribution in [1.29, 1.82) is 0 Å². The Balaban J connectivity index is 2.89. The number of carbonyl (C=O) groups excluding carboxylic acids is 1. The minimum absolute atomic E-state index is 0.118. The standard InChI is InChI=1S/C16H26BrN3O/c1-5-9-20(12-16(21)19(3)4)15-8-7-13(10-14(15)17)11-18-6-2/h7-8,10,18H,5-6,9,11-12H2,1-4H3. The van der Waals surface area contributed by atoms with Gasteiger partial charge in [0.1, 0.15) is 0 Å². The molecule has 0 bridgehead atoms. The second-order valence-electron chi connectivity index (χ2n) is 5.28. The first-order chi connectivity index (χ1) is 9.99. The van der Waals surface area contributed by atoms with Crippen molar-refractivity contribution in [1.82, 2.24) is 10.2 Å². The molecule has 0 saturated carbocycles. The van der Waals surface area contributed by atoms with Crippen LogP contribution in [0.4, 0.5) is 5.69 Å². The second-order valence-corrected chi connectivity index (χ2v) is 6.13. The predicted molar refractivity (Wildman–Crippen MR) is 92.7 cm³/mol. The van der Waals surface area contributed by atoms with E-state index >= 15 is 0 Å². The van der Waals surface area contributed by atoms with E-state index in [-0.39, 0.29) is 5.91 Å². The van der Waals surface area contributed by atoms with Crippen molar-refractivity contribution in [3.05, 3.63) is 28.2 Å². The van der Waals surface area contributed by atoms with Crippen molar-refractivity contribution >= 4 is 27.5 Å². The van der Waals surface area contributed by atoms with E-state index in [9.17, 15) is 4.79 Å². The number of nitrogens with zero attached hydrogens (tertiary/aromatic N) is 2. The Labute approximate surface area is 136 Å². The van der Waals surface area contributed by atoms with E-state index in [0.29, 0.717) is 6.54 Å². The lowest BCUT2D eigenvalue weighted by molar-refractivity contribution is -0.127. The second kappa shape index (κ2) is 9.05. The number of likely N-dealkylation sites (N-methyl/N-ethyl adjacent to an activating group) is 1. The lowest BCUT2D eigenvalue weighted by atomic mass is 10.2. The molecule has 1 N–H and O–H groups in total. The summed E-state index contributed by atoms with van der Waals surface area (Å²) in [6.45, 7) is 7.31. The van der Waals surface area contributed by atoms with Crippen LogP contribution in [0.15, 0.2) is 22.7 Å². The number of benzene rings is 1. The Morgan fingerprint density at radius 3 is 2.52 bits per heavy atom. The molecule has 1 aromatic rings. The van der Waals surface area contributed by atoms with Gasteiger partial charge in [-0.15, -0.1) is 0 Å². The average molecular weight is 356 g/mol. The first-order valence-electron chi connectivity index (χ1n) is 7.43. The molecule has 4 nitrogen and oxygen atoms in total. The van der Waals surface area contributed by atoms with Crippen molar-refractivity contribution in [2.45, 2.75) is 26.8 Å². The van der Waals surface area contributed by atoms with Crippen LogP contribution in [0.2, 0.25) is 0 Å². The molecule has 0 aromatic heterocycles. The first-order valence-corrected chi connectivity index (χ1v) is 8.23. The number of carbonyl (C=O) groups is 1. The molecule has 0 fully saturated rings. The smallest absolute Gasteiger partial charge is 0.241 e. The third-order valence-electron chi connectivity index (χ3n) is 3.25. The van der Waals surface area contributed by atoms with E-state index in [4.69, 9.17) is 0 Å². The normalized spacial score (nSPS) is 10.5. The number of nitrogens with one attached hydrogen (secondary N) is 1. The summed E-state index contributed by atoms with van der Waals surface area (Å²) in [5.41, 5.74) is 2.31. The highest BCUT2D eigenvalue weighted by molar-refractivity contribution is 9.10. The molecule has 1 amide bonds. The van der Waals surface area contributed by atoms with Gasteiger partial charge in [0.15, 0.2) is 0 Å². The van der Waals surface area contributed by atoms with Crippen molar-refractivity contribution in [2.75, 3.05) is 38.6 Å². The third kappa shape index (κ3) is 5.67. The Hall–Kier alpha value is -1.07. The fraction of sp³-hybridized carbons (Fsp3) is 0.562. The molecule has 0 saturated heterocycles. The Kier molecular flexibility index (Phi) is 7.75. The highest BCUT2D eigenvalue weighted by Gasteiger charge is 2.15. The SMILES string of the molecule is CCCN(CC(=O)N(C)C)c1ccc(CNCC)cc1Br. The molecule has 1 aromatic carbocycles. The maximum Gasteiger partial charge on any atom is 0.241 e. The van der Waals surface area contributed by atoms with Crippen molar-refractivity contribution in [3.63, 3.8) is 0 Å². The molecule has 1 rings (SSSR count). The van der Waals surface area contributed by atoms with Crippen LogP contribution >= 0.6 is 15.9 Å². The zero-order valence-electron chi connectivity index (χ0n) is 13.4. The minimum Gasteiger partial charge on any atom is -0.361 e. The van der Waals surface area contributed by atoms with Crippen LogP contribution in [-0.2, 0) is 11.3 Å². The van der Waals surface area contributed by atoms with Crippen LogP contribution in [0.25, 0.3) is 0 Å². The lowest BCUT2D eigenvalue weighted by Gasteiger charge is -2.26. The summed E-state index contributed by atoms with van der Waals surface area (Å²) in [6.07, 6.45) is 1.01. The highest BCUT2D eigenvalue weighted by atomic mass is 79.9. The largest absolute Gasteiger partial charge is 0.361 e. The van der Waals surface area contributed by atoms with E-state index in [0.717, 1.165) is 36.2 Å². The zero-order valence-corrected chi connectivity index (χ0v) is 15.0. The van der Waals surface area contributed by atoms with Gasteiger partial charge >= 0.3 is 0 Å². The van der Waals surface area contributed by atoms with Crippen LogP contribution in [0.3, 0.4) is 0 Å². The predicted octanol–water partition coefficient (Wildman–Crippen LogP) is 2.86. The van der Waals surface area contributed by atoms with Gasteiger partial charge in [0.2, 0.25) is 5.91 Å². The topological polar surface area (TPSA) is 35.6 Å². The molecule has 118 valence electrons. The summed E-state index contributed by atoms with van der Waals surface area (Å²) in [5, 5.41) is 3.32. The Bertz CT molecular complexity index is 463.